The van der Waals surface area contributed by atoms with E-state index >= 15 is 0 Å². The Morgan fingerprint density at radius 2 is 2.22 bits per heavy atom. The van der Waals surface area contributed by atoms with E-state index in [4.69, 9.17) is 4.74 Å². The first kappa shape index (κ1) is 17.5. The normalized spacial score (nSPS) is 12.5. The Morgan fingerprint density at radius 1 is 1.48 bits per heavy atom. The Bertz CT molecular complexity index is 660. The van der Waals surface area contributed by atoms with Gasteiger partial charge < -0.3 is 9.84 Å². The summed E-state index contributed by atoms with van der Waals surface area (Å²) in [4.78, 5) is 14.6. The second kappa shape index (κ2) is 8.14. The summed E-state index contributed by atoms with van der Waals surface area (Å²) >= 11 is 1.55. The Balaban J connectivity index is 2.21. The quantitative estimate of drug-likeness (QED) is 0.722. The lowest BCUT2D eigenvalue weighted by atomic mass is 10.1. The molecule has 2 aromatic rings. The van der Waals surface area contributed by atoms with Crippen LogP contribution in [0.3, 0.4) is 0 Å². The summed E-state index contributed by atoms with van der Waals surface area (Å²) in [6.45, 7) is 0.883. The van der Waals surface area contributed by atoms with E-state index in [-0.39, 0.29) is 0 Å². The van der Waals surface area contributed by atoms with Gasteiger partial charge in [0.2, 0.25) is 0 Å². The molecule has 0 spiro atoms. The number of carboxylic acids is 1. The van der Waals surface area contributed by atoms with Crippen molar-refractivity contribution < 1.29 is 14.6 Å². The van der Waals surface area contributed by atoms with E-state index < -0.39 is 12.0 Å². The van der Waals surface area contributed by atoms with Crippen molar-refractivity contribution in [1.82, 2.24) is 15.1 Å². The highest BCUT2D eigenvalue weighted by Crippen LogP contribution is 2.30. The van der Waals surface area contributed by atoms with Crippen LogP contribution < -0.4 is 0 Å². The van der Waals surface area contributed by atoms with Crippen LogP contribution in [0.15, 0.2) is 35.2 Å². The van der Waals surface area contributed by atoms with Gasteiger partial charge in [0.1, 0.15) is 6.04 Å². The molecule has 0 saturated heterocycles. The monoisotopic (exact) mass is 335 g/mol. The summed E-state index contributed by atoms with van der Waals surface area (Å²) in [6, 6.07) is 8.75. The minimum absolute atomic E-state index is 0.430. The van der Waals surface area contributed by atoms with Crippen molar-refractivity contribution >= 4 is 17.7 Å². The summed E-state index contributed by atoms with van der Waals surface area (Å²) in [7, 11) is 3.41. The Hall–Kier alpha value is -1.83. The van der Waals surface area contributed by atoms with Gasteiger partial charge in [-0.3, -0.25) is 14.8 Å². The molecule has 2 rings (SSSR count). The molecule has 7 heteroatoms. The van der Waals surface area contributed by atoms with Gasteiger partial charge in [-0.05, 0) is 31.0 Å². The van der Waals surface area contributed by atoms with Crippen LogP contribution in [-0.4, -0.2) is 46.6 Å². The number of hydrogen-bond donors (Lipinski definition) is 2. The third-order valence-corrected chi connectivity index (χ3v) is 4.32. The minimum Gasteiger partial charge on any atom is -0.480 e. The molecule has 0 bridgehead atoms. The SMILES string of the molecule is COCc1cc(CN(C)C(C(=O)O)c2ccccc2SC)n[nH]1. The second-order valence-electron chi connectivity index (χ2n) is 5.22. The molecule has 0 aliphatic heterocycles. The average molecular weight is 335 g/mol. The number of carbonyl (C=O) groups is 1. The molecule has 0 aliphatic carbocycles. The summed E-state index contributed by atoms with van der Waals surface area (Å²) in [5.74, 6) is -0.873. The van der Waals surface area contributed by atoms with Gasteiger partial charge in [0, 0.05) is 18.6 Å². The number of likely N-dealkylation sites (N-methyl/N-ethyl adjacent to an activating group) is 1. The molecular formula is C16H21N3O3S. The van der Waals surface area contributed by atoms with Crippen molar-refractivity contribution in [2.45, 2.75) is 24.1 Å². The van der Waals surface area contributed by atoms with E-state index in [1.165, 1.54) is 0 Å². The topological polar surface area (TPSA) is 78.4 Å². The van der Waals surface area contributed by atoms with Gasteiger partial charge in [-0.15, -0.1) is 11.8 Å². The zero-order valence-corrected chi connectivity index (χ0v) is 14.3. The molecule has 1 aromatic heterocycles. The molecule has 0 amide bonds. The number of hydrogen-bond acceptors (Lipinski definition) is 5. The van der Waals surface area contributed by atoms with Gasteiger partial charge in [0.25, 0.3) is 0 Å². The van der Waals surface area contributed by atoms with E-state index in [2.05, 4.69) is 10.2 Å². The van der Waals surface area contributed by atoms with Gasteiger partial charge in [-0.25, -0.2) is 0 Å². The smallest absolute Gasteiger partial charge is 0.325 e. The Kier molecular flexibility index (Phi) is 6.20. The van der Waals surface area contributed by atoms with E-state index in [0.29, 0.717) is 13.2 Å². The predicted molar refractivity (Wildman–Crippen MR) is 89.4 cm³/mol. The molecule has 1 atom stereocenters. The molecule has 0 fully saturated rings. The number of rotatable bonds is 8. The number of carboxylic acid groups (broad SMARTS) is 1. The third kappa shape index (κ3) is 4.34. The maximum Gasteiger partial charge on any atom is 0.325 e. The van der Waals surface area contributed by atoms with Crippen LogP contribution >= 0.6 is 11.8 Å². The van der Waals surface area contributed by atoms with Gasteiger partial charge >= 0.3 is 5.97 Å². The van der Waals surface area contributed by atoms with Crippen molar-refractivity contribution in [2.24, 2.45) is 0 Å². The van der Waals surface area contributed by atoms with Crippen LogP contribution in [-0.2, 0) is 22.7 Å². The fourth-order valence-electron chi connectivity index (χ4n) is 2.52. The van der Waals surface area contributed by atoms with Crippen molar-refractivity contribution in [3.05, 3.63) is 47.3 Å². The van der Waals surface area contributed by atoms with Gasteiger partial charge in [0.05, 0.1) is 18.0 Å². The lowest BCUT2D eigenvalue weighted by molar-refractivity contribution is -0.143. The number of nitrogens with one attached hydrogen (secondary N) is 1. The number of aliphatic carboxylic acids is 1. The average Bonchev–Trinajstić information content (AvgIpc) is 2.95. The largest absolute Gasteiger partial charge is 0.480 e. The molecule has 23 heavy (non-hydrogen) atoms. The Morgan fingerprint density at radius 3 is 2.87 bits per heavy atom. The first-order chi connectivity index (χ1) is 11.1. The number of benzene rings is 1. The number of ether oxygens (including phenoxy) is 1. The second-order valence-corrected chi connectivity index (χ2v) is 6.06. The number of methoxy groups -OCH3 is 1. The van der Waals surface area contributed by atoms with Crippen LogP contribution in [0.4, 0.5) is 0 Å². The molecule has 124 valence electrons. The molecule has 1 unspecified atom stereocenters. The number of H-pyrrole nitrogens is 1. The van der Waals surface area contributed by atoms with Crippen LogP contribution in [0.2, 0.25) is 0 Å². The summed E-state index contributed by atoms with van der Waals surface area (Å²) in [6.07, 6.45) is 1.95. The van der Waals surface area contributed by atoms with Crippen LogP contribution in [0, 0.1) is 0 Å². The van der Waals surface area contributed by atoms with Crippen LogP contribution in [0.1, 0.15) is 23.0 Å². The minimum atomic E-state index is -0.873. The van der Waals surface area contributed by atoms with Crippen molar-refractivity contribution in [1.29, 1.82) is 0 Å². The predicted octanol–water partition coefficient (Wildman–Crippen LogP) is 2.54. The summed E-state index contributed by atoms with van der Waals surface area (Å²) < 4.78 is 5.05. The standard InChI is InChI=1S/C16H21N3O3S/c1-19(9-11-8-12(10-22-2)18-17-11)15(16(20)21)13-6-4-5-7-14(13)23-3/h4-8,15H,9-10H2,1-3H3,(H,17,18)(H,20,21). The van der Waals surface area contributed by atoms with Crippen LogP contribution in [0.5, 0.6) is 0 Å². The van der Waals surface area contributed by atoms with Gasteiger partial charge in [0.15, 0.2) is 0 Å². The number of aromatic nitrogens is 2. The first-order valence-corrected chi connectivity index (χ1v) is 8.37. The fourth-order valence-corrected chi connectivity index (χ4v) is 3.15. The third-order valence-electron chi connectivity index (χ3n) is 3.50. The number of nitrogens with zero attached hydrogens (tertiary/aromatic N) is 2. The summed E-state index contributed by atoms with van der Waals surface area (Å²) in [5.41, 5.74) is 2.45. The molecule has 1 aromatic carbocycles. The molecular weight excluding hydrogens is 314 g/mol. The zero-order valence-electron chi connectivity index (χ0n) is 13.4. The van der Waals surface area contributed by atoms with Gasteiger partial charge in [-0.2, -0.15) is 5.10 Å². The van der Waals surface area contributed by atoms with Crippen molar-refractivity contribution in [3.63, 3.8) is 0 Å². The Labute approximate surface area is 139 Å². The lowest BCUT2D eigenvalue weighted by Gasteiger charge is -2.25. The van der Waals surface area contributed by atoms with Crippen molar-refractivity contribution in [2.75, 3.05) is 20.4 Å². The van der Waals surface area contributed by atoms with Crippen LogP contribution in [0.25, 0.3) is 0 Å². The molecule has 0 saturated carbocycles. The fraction of sp³-hybridized carbons (Fsp3) is 0.375. The first-order valence-electron chi connectivity index (χ1n) is 7.15. The van der Waals surface area contributed by atoms with E-state index in [9.17, 15) is 9.90 Å². The van der Waals surface area contributed by atoms with E-state index in [0.717, 1.165) is 21.8 Å². The highest BCUT2D eigenvalue weighted by Gasteiger charge is 2.27. The molecule has 0 aliphatic rings. The molecule has 0 radical (unpaired) electrons. The maximum absolute atomic E-state index is 11.8. The molecule has 2 N–H and O–H groups in total. The van der Waals surface area contributed by atoms with Crippen molar-refractivity contribution in [3.8, 4) is 0 Å². The maximum atomic E-state index is 11.8. The van der Waals surface area contributed by atoms with Gasteiger partial charge in [-0.1, -0.05) is 18.2 Å². The highest BCUT2D eigenvalue weighted by molar-refractivity contribution is 7.98. The number of thioether (sulfide) groups is 1. The molecule has 1 heterocycles. The lowest BCUT2D eigenvalue weighted by Crippen LogP contribution is -2.31. The summed E-state index contributed by atoms with van der Waals surface area (Å²) in [5, 5.41) is 16.8. The van der Waals surface area contributed by atoms with E-state index in [1.807, 2.05) is 36.6 Å². The number of aromatic amines is 1. The molecule has 6 nitrogen and oxygen atoms in total. The zero-order chi connectivity index (χ0) is 16.8. The highest BCUT2D eigenvalue weighted by atomic mass is 32.2. The van der Waals surface area contributed by atoms with E-state index in [1.54, 1.807) is 30.8 Å².